The first kappa shape index (κ1) is 18.0. The lowest BCUT2D eigenvalue weighted by molar-refractivity contribution is -0.143. The van der Waals surface area contributed by atoms with Crippen LogP contribution in [0.25, 0.3) is 0 Å². The highest BCUT2D eigenvalue weighted by Crippen LogP contribution is 2.38. The Bertz CT molecular complexity index is 399. The fourth-order valence-electron chi connectivity index (χ4n) is 3.84. The number of carbonyl (C=O) groups excluding carboxylic acids is 1. The predicted molar refractivity (Wildman–Crippen MR) is 87.3 cm³/mol. The minimum Gasteiger partial charge on any atom is -0.481 e. The summed E-state index contributed by atoms with van der Waals surface area (Å²) in [6.07, 6.45) is 8.13. The van der Waals surface area contributed by atoms with E-state index in [2.05, 4.69) is 5.32 Å². The van der Waals surface area contributed by atoms with Crippen molar-refractivity contribution in [3.8, 4) is 0 Å². The van der Waals surface area contributed by atoms with Gasteiger partial charge in [0.1, 0.15) is 0 Å². The van der Waals surface area contributed by atoms with Gasteiger partial charge in [0.05, 0.1) is 5.92 Å². The minimum absolute atomic E-state index is 0.0452. The molecule has 1 saturated carbocycles. The first-order valence-corrected chi connectivity index (χ1v) is 8.81. The molecule has 0 aromatic heterocycles. The van der Waals surface area contributed by atoms with Crippen LogP contribution in [0, 0.1) is 11.3 Å². The van der Waals surface area contributed by atoms with E-state index < -0.39 is 5.97 Å². The van der Waals surface area contributed by atoms with E-state index in [0.717, 1.165) is 25.9 Å². The number of amides is 2. The van der Waals surface area contributed by atoms with Crippen molar-refractivity contribution in [3.63, 3.8) is 0 Å². The van der Waals surface area contributed by atoms with Crippen molar-refractivity contribution in [2.45, 2.75) is 51.4 Å². The molecule has 0 unspecified atom stereocenters. The van der Waals surface area contributed by atoms with Gasteiger partial charge in [-0.25, -0.2) is 4.79 Å². The van der Waals surface area contributed by atoms with Crippen molar-refractivity contribution >= 4 is 12.0 Å². The number of hydrogen-bond donors (Lipinski definition) is 2. The average molecular weight is 326 g/mol. The molecular weight excluding hydrogens is 296 g/mol. The Hall–Kier alpha value is -1.30. The Kier molecular flexibility index (Phi) is 6.69. The molecule has 1 heterocycles. The van der Waals surface area contributed by atoms with Crippen molar-refractivity contribution in [1.29, 1.82) is 0 Å². The van der Waals surface area contributed by atoms with Crippen LogP contribution in [0.2, 0.25) is 0 Å². The van der Waals surface area contributed by atoms with E-state index in [-0.39, 0.29) is 17.4 Å². The quantitative estimate of drug-likeness (QED) is 0.786. The predicted octanol–water partition coefficient (Wildman–Crippen LogP) is 2.48. The molecule has 0 bridgehead atoms. The normalized spacial score (nSPS) is 21.9. The van der Waals surface area contributed by atoms with Crippen LogP contribution in [-0.4, -0.2) is 55.4 Å². The van der Waals surface area contributed by atoms with Crippen LogP contribution in [-0.2, 0) is 9.53 Å². The molecule has 2 amide bonds. The molecule has 2 N–H and O–H groups in total. The molecule has 0 spiro atoms. The van der Waals surface area contributed by atoms with Crippen molar-refractivity contribution in [3.05, 3.63) is 0 Å². The van der Waals surface area contributed by atoms with Crippen molar-refractivity contribution in [2.24, 2.45) is 11.3 Å². The number of nitrogens with zero attached hydrogens (tertiary/aromatic N) is 1. The highest BCUT2D eigenvalue weighted by atomic mass is 16.5. The molecule has 1 saturated heterocycles. The molecule has 1 aliphatic carbocycles. The van der Waals surface area contributed by atoms with E-state index in [1.165, 1.54) is 19.3 Å². The number of methoxy groups -OCH3 is 1. The Morgan fingerprint density at radius 2 is 1.87 bits per heavy atom. The fraction of sp³-hybridized carbons (Fsp3) is 0.882. The molecule has 2 aliphatic rings. The summed E-state index contributed by atoms with van der Waals surface area (Å²) in [5.74, 6) is -1.05. The number of rotatable bonds is 6. The smallest absolute Gasteiger partial charge is 0.317 e. The number of carboxylic acid groups (broad SMARTS) is 1. The number of aliphatic carboxylic acids is 1. The number of ether oxygens (including phenoxy) is 1. The van der Waals surface area contributed by atoms with Gasteiger partial charge < -0.3 is 20.1 Å². The number of piperidine rings is 1. The van der Waals surface area contributed by atoms with E-state index in [4.69, 9.17) is 9.84 Å². The first-order chi connectivity index (χ1) is 11.1. The van der Waals surface area contributed by atoms with Crippen molar-refractivity contribution in [1.82, 2.24) is 10.2 Å². The molecule has 0 atom stereocenters. The number of carbonyl (C=O) groups is 2. The van der Waals surface area contributed by atoms with E-state index in [1.54, 1.807) is 12.0 Å². The number of carboxylic acids is 1. The SMILES string of the molecule is COCCC1(CNC(=O)N2CCC(C(=O)O)CC2)CCCCC1. The molecule has 2 rings (SSSR count). The van der Waals surface area contributed by atoms with Crippen molar-refractivity contribution < 1.29 is 19.4 Å². The zero-order valence-corrected chi connectivity index (χ0v) is 14.2. The Labute approximate surface area is 138 Å². The average Bonchev–Trinajstić information content (AvgIpc) is 2.59. The standard InChI is InChI=1S/C17H30N2O4/c1-23-12-9-17(7-3-2-4-8-17)13-18-16(22)19-10-5-14(6-11-19)15(20)21/h14H,2-13H2,1H3,(H,18,22)(H,20,21). The third-order valence-corrected chi connectivity index (χ3v) is 5.50. The van der Waals surface area contributed by atoms with Crippen LogP contribution in [0.15, 0.2) is 0 Å². The highest BCUT2D eigenvalue weighted by molar-refractivity contribution is 5.75. The zero-order chi connectivity index (χ0) is 16.7. The highest BCUT2D eigenvalue weighted by Gasteiger charge is 2.33. The molecule has 1 aliphatic heterocycles. The molecule has 0 aromatic carbocycles. The van der Waals surface area contributed by atoms with Gasteiger partial charge in [-0.3, -0.25) is 4.79 Å². The Morgan fingerprint density at radius 3 is 2.43 bits per heavy atom. The summed E-state index contributed by atoms with van der Waals surface area (Å²) < 4.78 is 5.25. The first-order valence-electron chi connectivity index (χ1n) is 8.81. The summed E-state index contributed by atoms with van der Waals surface area (Å²) in [4.78, 5) is 25.1. The largest absolute Gasteiger partial charge is 0.481 e. The fourth-order valence-corrected chi connectivity index (χ4v) is 3.84. The summed E-state index contributed by atoms with van der Waals surface area (Å²) in [7, 11) is 1.72. The van der Waals surface area contributed by atoms with Crippen LogP contribution in [0.1, 0.15) is 51.4 Å². The topological polar surface area (TPSA) is 78.9 Å². The summed E-state index contributed by atoms with van der Waals surface area (Å²) in [6, 6.07) is -0.0452. The monoisotopic (exact) mass is 326 g/mol. The minimum atomic E-state index is -0.745. The Morgan fingerprint density at radius 1 is 1.22 bits per heavy atom. The third kappa shape index (κ3) is 5.09. The van der Waals surface area contributed by atoms with Crippen LogP contribution in [0.5, 0.6) is 0 Å². The summed E-state index contributed by atoms with van der Waals surface area (Å²) in [6.45, 7) is 2.51. The van der Waals surface area contributed by atoms with Gasteiger partial charge in [-0.15, -0.1) is 0 Å². The second kappa shape index (κ2) is 8.52. The number of urea groups is 1. The van der Waals surface area contributed by atoms with Gasteiger partial charge in [0.25, 0.3) is 0 Å². The van der Waals surface area contributed by atoms with Gasteiger partial charge >= 0.3 is 12.0 Å². The molecule has 6 nitrogen and oxygen atoms in total. The Balaban J connectivity index is 1.81. The number of hydrogen-bond acceptors (Lipinski definition) is 3. The maximum Gasteiger partial charge on any atom is 0.317 e. The lowest BCUT2D eigenvalue weighted by atomic mass is 9.72. The molecule has 2 fully saturated rings. The van der Waals surface area contributed by atoms with Gasteiger partial charge in [0, 0.05) is 33.4 Å². The van der Waals surface area contributed by atoms with Crippen LogP contribution in [0.4, 0.5) is 4.79 Å². The molecule has 23 heavy (non-hydrogen) atoms. The third-order valence-electron chi connectivity index (χ3n) is 5.50. The lowest BCUT2D eigenvalue weighted by Crippen LogP contribution is -2.48. The second-order valence-corrected chi connectivity index (χ2v) is 7.06. The molecular formula is C17H30N2O4. The number of nitrogens with one attached hydrogen (secondary N) is 1. The lowest BCUT2D eigenvalue weighted by Gasteiger charge is -2.38. The van der Waals surface area contributed by atoms with E-state index in [1.807, 2.05) is 0 Å². The van der Waals surface area contributed by atoms with E-state index in [9.17, 15) is 9.59 Å². The molecule has 0 aromatic rings. The van der Waals surface area contributed by atoms with Gasteiger partial charge in [-0.1, -0.05) is 19.3 Å². The van der Waals surface area contributed by atoms with Crippen LogP contribution >= 0.6 is 0 Å². The summed E-state index contributed by atoms with van der Waals surface area (Å²) in [5, 5.41) is 12.1. The van der Waals surface area contributed by atoms with Gasteiger partial charge in [0.15, 0.2) is 0 Å². The maximum absolute atomic E-state index is 12.4. The van der Waals surface area contributed by atoms with Gasteiger partial charge in [0.2, 0.25) is 0 Å². The van der Waals surface area contributed by atoms with E-state index >= 15 is 0 Å². The van der Waals surface area contributed by atoms with E-state index in [0.29, 0.717) is 32.5 Å². The second-order valence-electron chi connectivity index (χ2n) is 7.06. The van der Waals surface area contributed by atoms with Crippen LogP contribution in [0.3, 0.4) is 0 Å². The van der Waals surface area contributed by atoms with Gasteiger partial charge in [-0.05, 0) is 37.5 Å². The molecule has 6 heteroatoms. The van der Waals surface area contributed by atoms with Crippen LogP contribution < -0.4 is 5.32 Å². The summed E-state index contributed by atoms with van der Waals surface area (Å²) >= 11 is 0. The molecule has 132 valence electrons. The molecule has 0 radical (unpaired) electrons. The zero-order valence-electron chi connectivity index (χ0n) is 14.2. The van der Waals surface area contributed by atoms with Crippen molar-refractivity contribution in [2.75, 3.05) is 33.4 Å². The summed E-state index contributed by atoms with van der Waals surface area (Å²) in [5.41, 5.74) is 0.170. The number of likely N-dealkylation sites (tertiary alicyclic amines) is 1. The van der Waals surface area contributed by atoms with Gasteiger partial charge in [-0.2, -0.15) is 0 Å². The maximum atomic E-state index is 12.4.